The summed E-state index contributed by atoms with van der Waals surface area (Å²) in [5.41, 5.74) is 5.17. The van der Waals surface area contributed by atoms with Crippen molar-refractivity contribution in [3.05, 3.63) is 99.4 Å². The zero-order valence-corrected chi connectivity index (χ0v) is 23.4. The van der Waals surface area contributed by atoms with Crippen LogP contribution in [0.15, 0.2) is 59.6 Å². The first-order valence-corrected chi connectivity index (χ1v) is 14.4. The second kappa shape index (κ2) is 12.1. The molecule has 6 rings (SSSR count). The Labute approximate surface area is 249 Å². The summed E-state index contributed by atoms with van der Waals surface area (Å²) in [6.07, 6.45) is 0.591. The van der Waals surface area contributed by atoms with Gasteiger partial charge >= 0.3 is 0 Å². The standard InChI is InChI=1S/C34H39FN4O2/c1-23-15-26(19-29(35)16-23)17-25-3-4-27-22-36-33(32(27)20-25)37-34(40)31-6-5-30(39-11-9-38(2)10-12-39)21-28(31)18-24-7-13-41-14-8-24/h3-6,15-16,19-21,24H,7-14,17-18,22H2,1-2H3,(H,36,37,40)/i2D3,17D2. The first kappa shape index (κ1) is 22.1. The van der Waals surface area contributed by atoms with Crippen molar-refractivity contribution >= 4 is 17.4 Å². The summed E-state index contributed by atoms with van der Waals surface area (Å²) in [4.78, 5) is 22.1. The molecule has 0 aliphatic carbocycles. The van der Waals surface area contributed by atoms with Crippen LogP contribution in [0, 0.1) is 18.7 Å². The Balaban J connectivity index is 1.24. The zero-order chi connectivity index (χ0) is 32.6. The smallest absolute Gasteiger partial charge is 0.257 e. The molecule has 0 bridgehead atoms. The number of hydrogen-bond acceptors (Lipinski definition) is 5. The summed E-state index contributed by atoms with van der Waals surface area (Å²) in [5.74, 6) is -0.0182. The van der Waals surface area contributed by atoms with Gasteiger partial charge in [-0.2, -0.15) is 0 Å². The van der Waals surface area contributed by atoms with E-state index in [2.05, 4.69) is 21.3 Å². The molecule has 7 heteroatoms. The molecule has 1 N–H and O–H groups in total. The third-order valence-corrected chi connectivity index (χ3v) is 8.16. The van der Waals surface area contributed by atoms with Crippen molar-refractivity contribution < 1.29 is 20.8 Å². The van der Waals surface area contributed by atoms with Crippen molar-refractivity contribution in [1.82, 2.24) is 10.2 Å². The maximum atomic E-state index is 14.2. The van der Waals surface area contributed by atoms with Gasteiger partial charge in [-0.05, 0) is 110 Å². The lowest BCUT2D eigenvalue weighted by molar-refractivity contribution is 0.0664. The Morgan fingerprint density at radius 1 is 1.07 bits per heavy atom. The quantitative estimate of drug-likeness (QED) is 0.455. The second-order valence-corrected chi connectivity index (χ2v) is 11.2. The first-order chi connectivity index (χ1) is 21.9. The van der Waals surface area contributed by atoms with E-state index in [-0.39, 0.29) is 11.5 Å². The van der Waals surface area contributed by atoms with Gasteiger partial charge in [0.15, 0.2) is 0 Å². The lowest BCUT2D eigenvalue weighted by Gasteiger charge is -2.34. The summed E-state index contributed by atoms with van der Waals surface area (Å²) < 4.78 is 60.6. The van der Waals surface area contributed by atoms with E-state index in [0.717, 1.165) is 36.1 Å². The predicted octanol–water partition coefficient (Wildman–Crippen LogP) is 5.14. The molecule has 0 saturated carbocycles. The Morgan fingerprint density at radius 2 is 1.90 bits per heavy atom. The van der Waals surface area contributed by atoms with Gasteiger partial charge in [0.25, 0.3) is 5.91 Å². The van der Waals surface area contributed by atoms with E-state index in [1.54, 1.807) is 25.1 Å². The summed E-state index contributed by atoms with van der Waals surface area (Å²) in [5, 5.41) is 3.01. The molecule has 0 atom stereocenters. The molecule has 3 heterocycles. The van der Waals surface area contributed by atoms with Crippen molar-refractivity contribution in [3.63, 3.8) is 0 Å². The van der Waals surface area contributed by atoms with Gasteiger partial charge in [-0.25, -0.2) is 4.39 Å². The van der Waals surface area contributed by atoms with Crippen LogP contribution in [-0.2, 0) is 24.1 Å². The SMILES string of the molecule is [2H]C([2H])(c1cc(C)cc(F)c1)c1ccc2c(c1)C(NC(=O)c1ccc(N3CCN(C([2H])([2H])[2H])CC3)cc1CC1CCOCC1)=NC2. The first-order valence-electron chi connectivity index (χ1n) is 16.9. The number of nitrogens with one attached hydrogen (secondary N) is 1. The number of rotatable bonds is 6. The topological polar surface area (TPSA) is 57.2 Å². The van der Waals surface area contributed by atoms with Crippen LogP contribution >= 0.6 is 0 Å². The fourth-order valence-corrected chi connectivity index (χ4v) is 5.91. The molecule has 0 aromatic heterocycles. The molecule has 2 fully saturated rings. The van der Waals surface area contributed by atoms with E-state index in [9.17, 15) is 9.18 Å². The number of amides is 1. The average molecular weight is 560 g/mol. The van der Waals surface area contributed by atoms with Crippen LogP contribution in [-0.4, -0.2) is 63.0 Å². The zero-order valence-electron chi connectivity index (χ0n) is 28.4. The second-order valence-electron chi connectivity index (χ2n) is 11.2. The summed E-state index contributed by atoms with van der Waals surface area (Å²) in [6, 6.07) is 15.3. The van der Waals surface area contributed by atoms with Gasteiger partial charge in [-0.15, -0.1) is 0 Å². The highest BCUT2D eigenvalue weighted by molar-refractivity contribution is 6.14. The van der Waals surface area contributed by atoms with Crippen LogP contribution < -0.4 is 10.2 Å². The van der Waals surface area contributed by atoms with Crippen molar-refractivity contribution in [2.45, 2.75) is 39.1 Å². The lowest BCUT2D eigenvalue weighted by Crippen LogP contribution is -2.44. The molecule has 6 nitrogen and oxygen atoms in total. The number of fused-ring (bicyclic) bond motifs is 1. The maximum absolute atomic E-state index is 14.2. The number of halogens is 1. The molecule has 3 aliphatic heterocycles. The molecule has 0 unspecified atom stereocenters. The van der Waals surface area contributed by atoms with Crippen LogP contribution in [0.1, 0.15) is 63.4 Å². The van der Waals surface area contributed by atoms with Gasteiger partial charge in [-0.3, -0.25) is 9.79 Å². The number of aliphatic imine (C=N–C) groups is 1. The highest BCUT2D eigenvalue weighted by atomic mass is 19.1. The molecule has 3 aliphatic rings. The number of ether oxygens (including phenoxy) is 1. The fourth-order valence-electron chi connectivity index (χ4n) is 5.91. The van der Waals surface area contributed by atoms with Gasteiger partial charge < -0.3 is 19.9 Å². The maximum Gasteiger partial charge on any atom is 0.257 e. The van der Waals surface area contributed by atoms with Crippen molar-refractivity contribution in [2.75, 3.05) is 51.3 Å². The molecule has 2 saturated heterocycles. The fraction of sp³-hybridized carbons (Fsp3) is 0.412. The van der Waals surface area contributed by atoms with Crippen LogP contribution in [0.5, 0.6) is 0 Å². The van der Waals surface area contributed by atoms with Gasteiger partial charge in [0.1, 0.15) is 11.7 Å². The van der Waals surface area contributed by atoms with E-state index in [1.165, 1.54) is 17.0 Å². The number of carbonyl (C=O) groups excluding carboxylic acids is 1. The number of benzene rings is 3. The average Bonchev–Trinajstić information content (AvgIpc) is 3.42. The molecule has 3 aromatic rings. The highest BCUT2D eigenvalue weighted by Crippen LogP contribution is 2.28. The monoisotopic (exact) mass is 559 g/mol. The molecule has 1 amide bonds. The Bertz CT molecular complexity index is 1630. The van der Waals surface area contributed by atoms with Crippen LogP contribution in [0.3, 0.4) is 0 Å². The minimum Gasteiger partial charge on any atom is -0.381 e. The van der Waals surface area contributed by atoms with E-state index in [1.807, 2.05) is 18.2 Å². The summed E-state index contributed by atoms with van der Waals surface area (Å²) in [6.45, 7) is 3.42. The number of piperazine rings is 1. The van der Waals surface area contributed by atoms with E-state index >= 15 is 0 Å². The molecule has 3 aromatic carbocycles. The number of amidine groups is 1. The number of aryl methyl sites for hydroxylation is 1. The van der Waals surface area contributed by atoms with Crippen LogP contribution in [0.4, 0.5) is 10.1 Å². The van der Waals surface area contributed by atoms with Crippen molar-refractivity contribution in [1.29, 1.82) is 0 Å². The number of nitrogens with zero attached hydrogens (tertiary/aromatic N) is 3. The van der Waals surface area contributed by atoms with E-state index < -0.39 is 19.2 Å². The molecule has 41 heavy (non-hydrogen) atoms. The van der Waals surface area contributed by atoms with Gasteiger partial charge in [0.2, 0.25) is 0 Å². The Hall–Kier alpha value is -3.55. The highest BCUT2D eigenvalue weighted by Gasteiger charge is 2.24. The molecule has 214 valence electrons. The number of anilines is 1. The minimum absolute atomic E-state index is 0.225. The van der Waals surface area contributed by atoms with E-state index in [4.69, 9.17) is 11.6 Å². The third-order valence-electron chi connectivity index (χ3n) is 8.16. The van der Waals surface area contributed by atoms with Crippen molar-refractivity contribution in [2.24, 2.45) is 10.9 Å². The normalized spacial score (nSPS) is 20.3. The number of carbonyl (C=O) groups is 1. The van der Waals surface area contributed by atoms with Gasteiger partial charge in [0, 0.05) is 63.1 Å². The predicted molar refractivity (Wildman–Crippen MR) is 161 cm³/mol. The molecule has 0 spiro atoms. The Morgan fingerprint density at radius 3 is 2.68 bits per heavy atom. The van der Waals surface area contributed by atoms with Crippen LogP contribution in [0.2, 0.25) is 0 Å². The molecular weight excluding hydrogens is 515 g/mol. The minimum atomic E-state index is -2.11. The largest absolute Gasteiger partial charge is 0.381 e. The van der Waals surface area contributed by atoms with Crippen molar-refractivity contribution in [3.8, 4) is 0 Å². The summed E-state index contributed by atoms with van der Waals surface area (Å²) >= 11 is 0. The van der Waals surface area contributed by atoms with Gasteiger partial charge in [0.05, 0.1) is 6.54 Å². The Kier molecular flexibility index (Phi) is 6.54. The third kappa shape index (κ3) is 6.52. The van der Waals surface area contributed by atoms with Gasteiger partial charge in [-0.1, -0.05) is 18.2 Å². The lowest BCUT2D eigenvalue weighted by atomic mass is 9.89. The number of hydrogen-bond donors (Lipinski definition) is 1. The molecule has 0 radical (unpaired) electrons. The molecular formula is C34H39FN4O2. The van der Waals surface area contributed by atoms with Crippen LogP contribution in [0.25, 0.3) is 0 Å². The summed E-state index contributed by atoms with van der Waals surface area (Å²) in [7, 11) is 0. The number of likely N-dealkylation sites (N-methyl/N-ethyl adjacent to an activating group) is 1. The van der Waals surface area contributed by atoms with E-state index in [0.29, 0.717) is 79.9 Å².